The van der Waals surface area contributed by atoms with E-state index in [0.717, 1.165) is 18.7 Å². The summed E-state index contributed by atoms with van der Waals surface area (Å²) in [6.45, 7) is 0.998. The molecule has 0 bridgehead atoms. The zero-order chi connectivity index (χ0) is 8.81. The summed E-state index contributed by atoms with van der Waals surface area (Å²) in [6.07, 6.45) is 6.04. The molecular formula is C9H19NOS. The number of nitrogens with one attached hydrogen (secondary N) is 1. The fourth-order valence-corrected chi connectivity index (χ4v) is 3.33. The minimum Gasteiger partial charge on any atom is -0.320 e. The van der Waals surface area contributed by atoms with Crippen molar-refractivity contribution >= 4 is 10.8 Å². The zero-order valence-electron chi connectivity index (χ0n) is 7.84. The molecule has 1 unspecified atom stereocenters. The lowest BCUT2D eigenvalue weighted by atomic mass is 10.4. The van der Waals surface area contributed by atoms with Gasteiger partial charge in [-0.1, -0.05) is 12.8 Å². The molecule has 1 rings (SSSR count). The van der Waals surface area contributed by atoms with Crippen molar-refractivity contribution < 1.29 is 4.21 Å². The molecule has 1 atom stereocenters. The summed E-state index contributed by atoms with van der Waals surface area (Å²) in [5, 5.41) is 3.61. The molecule has 1 saturated carbocycles. The summed E-state index contributed by atoms with van der Waals surface area (Å²) >= 11 is 0. The summed E-state index contributed by atoms with van der Waals surface area (Å²) in [6, 6.07) is 0. The van der Waals surface area contributed by atoms with Crippen LogP contribution in [0.3, 0.4) is 0 Å². The second kappa shape index (κ2) is 5.70. The molecule has 3 heteroatoms. The fraction of sp³-hybridized carbons (Fsp3) is 1.00. The van der Waals surface area contributed by atoms with Crippen molar-refractivity contribution in [2.45, 2.75) is 37.4 Å². The summed E-state index contributed by atoms with van der Waals surface area (Å²) in [4.78, 5) is 0. The molecule has 1 aliphatic carbocycles. The Morgan fingerprint density at radius 1 is 1.42 bits per heavy atom. The van der Waals surface area contributed by atoms with E-state index in [9.17, 15) is 4.21 Å². The van der Waals surface area contributed by atoms with Crippen LogP contribution in [0.5, 0.6) is 0 Å². The molecule has 1 fully saturated rings. The van der Waals surface area contributed by atoms with Gasteiger partial charge in [0.2, 0.25) is 0 Å². The van der Waals surface area contributed by atoms with Crippen LogP contribution < -0.4 is 5.32 Å². The van der Waals surface area contributed by atoms with Crippen LogP contribution in [0.2, 0.25) is 0 Å². The Kier molecular flexibility index (Phi) is 4.84. The van der Waals surface area contributed by atoms with E-state index in [4.69, 9.17) is 0 Å². The topological polar surface area (TPSA) is 29.1 Å². The van der Waals surface area contributed by atoms with Gasteiger partial charge < -0.3 is 5.32 Å². The van der Waals surface area contributed by atoms with E-state index in [1.54, 1.807) is 0 Å². The fourth-order valence-electron chi connectivity index (χ4n) is 1.71. The monoisotopic (exact) mass is 189 g/mol. The van der Waals surface area contributed by atoms with Gasteiger partial charge in [-0.05, 0) is 32.9 Å². The normalized spacial score (nSPS) is 21.4. The molecule has 0 aliphatic heterocycles. The van der Waals surface area contributed by atoms with E-state index < -0.39 is 10.8 Å². The number of hydrogen-bond acceptors (Lipinski definition) is 2. The molecule has 1 N–H and O–H groups in total. The molecule has 0 radical (unpaired) electrons. The first-order chi connectivity index (χ1) is 5.84. The first-order valence-corrected chi connectivity index (χ1v) is 6.24. The standard InChI is InChI=1S/C9H19NOS/c1-10-7-4-8-12(11)9-5-2-3-6-9/h9-10H,2-8H2,1H3. The van der Waals surface area contributed by atoms with E-state index in [0.29, 0.717) is 5.25 Å². The summed E-state index contributed by atoms with van der Waals surface area (Å²) in [5.41, 5.74) is 0. The van der Waals surface area contributed by atoms with E-state index in [1.807, 2.05) is 7.05 Å². The summed E-state index contributed by atoms with van der Waals surface area (Å²) < 4.78 is 11.6. The van der Waals surface area contributed by atoms with E-state index >= 15 is 0 Å². The Bertz CT molecular complexity index is 143. The predicted octanol–water partition coefficient (Wildman–Crippen LogP) is 1.29. The van der Waals surface area contributed by atoms with Gasteiger partial charge in [0.25, 0.3) is 0 Å². The summed E-state index contributed by atoms with van der Waals surface area (Å²) in [5.74, 6) is 0.894. The van der Waals surface area contributed by atoms with Crippen LogP contribution >= 0.6 is 0 Å². The Morgan fingerprint density at radius 2 is 2.08 bits per heavy atom. The van der Waals surface area contributed by atoms with E-state index in [1.165, 1.54) is 25.7 Å². The van der Waals surface area contributed by atoms with Gasteiger partial charge in [0.1, 0.15) is 0 Å². The molecule has 0 amide bonds. The molecule has 0 saturated heterocycles. The Morgan fingerprint density at radius 3 is 2.67 bits per heavy atom. The van der Waals surface area contributed by atoms with Gasteiger partial charge in [0, 0.05) is 21.8 Å². The van der Waals surface area contributed by atoms with Crippen molar-refractivity contribution in [2.75, 3.05) is 19.3 Å². The van der Waals surface area contributed by atoms with E-state index in [-0.39, 0.29) is 0 Å². The van der Waals surface area contributed by atoms with Gasteiger partial charge in [-0.15, -0.1) is 0 Å². The molecule has 0 aromatic heterocycles. The smallest absolute Gasteiger partial charge is 0.0348 e. The average Bonchev–Trinajstić information content (AvgIpc) is 2.56. The largest absolute Gasteiger partial charge is 0.320 e. The molecule has 2 nitrogen and oxygen atoms in total. The third kappa shape index (κ3) is 3.23. The van der Waals surface area contributed by atoms with Crippen LogP contribution in [-0.4, -0.2) is 28.8 Å². The lowest BCUT2D eigenvalue weighted by molar-refractivity contribution is 0.663. The van der Waals surface area contributed by atoms with Gasteiger partial charge >= 0.3 is 0 Å². The van der Waals surface area contributed by atoms with Gasteiger partial charge in [-0.25, -0.2) is 0 Å². The van der Waals surface area contributed by atoms with Crippen molar-refractivity contribution in [3.05, 3.63) is 0 Å². The van der Waals surface area contributed by atoms with Crippen LogP contribution in [0.4, 0.5) is 0 Å². The molecule has 0 aromatic rings. The van der Waals surface area contributed by atoms with Crippen molar-refractivity contribution in [2.24, 2.45) is 0 Å². The second-order valence-electron chi connectivity index (χ2n) is 3.45. The SMILES string of the molecule is CNCCCS(=O)C1CCCC1. The van der Waals surface area contributed by atoms with Crippen LogP contribution in [-0.2, 0) is 10.8 Å². The van der Waals surface area contributed by atoms with Crippen molar-refractivity contribution in [1.82, 2.24) is 5.32 Å². The minimum absolute atomic E-state index is 0.529. The lowest BCUT2D eigenvalue weighted by Gasteiger charge is -2.08. The highest BCUT2D eigenvalue weighted by Gasteiger charge is 2.20. The average molecular weight is 189 g/mol. The second-order valence-corrected chi connectivity index (χ2v) is 5.28. The molecule has 0 spiro atoms. The maximum atomic E-state index is 11.6. The first kappa shape index (κ1) is 10.2. The van der Waals surface area contributed by atoms with Crippen molar-refractivity contribution in [3.63, 3.8) is 0 Å². The van der Waals surface area contributed by atoms with Crippen LogP contribution in [0.1, 0.15) is 32.1 Å². The maximum absolute atomic E-state index is 11.6. The highest BCUT2D eigenvalue weighted by Crippen LogP contribution is 2.22. The van der Waals surface area contributed by atoms with Crippen LogP contribution in [0, 0.1) is 0 Å². The molecule has 12 heavy (non-hydrogen) atoms. The lowest BCUT2D eigenvalue weighted by Crippen LogP contribution is -2.17. The Balaban J connectivity index is 2.10. The van der Waals surface area contributed by atoms with E-state index in [2.05, 4.69) is 5.32 Å². The number of hydrogen-bond donors (Lipinski definition) is 1. The molecule has 1 aliphatic rings. The van der Waals surface area contributed by atoms with Gasteiger partial charge in [0.05, 0.1) is 0 Å². The van der Waals surface area contributed by atoms with Crippen LogP contribution in [0.15, 0.2) is 0 Å². The maximum Gasteiger partial charge on any atom is 0.0348 e. The minimum atomic E-state index is -0.537. The zero-order valence-corrected chi connectivity index (χ0v) is 8.66. The van der Waals surface area contributed by atoms with Crippen molar-refractivity contribution in [3.8, 4) is 0 Å². The molecule has 0 heterocycles. The van der Waals surface area contributed by atoms with Crippen LogP contribution in [0.25, 0.3) is 0 Å². The first-order valence-electron chi connectivity index (χ1n) is 4.86. The molecule has 0 aromatic carbocycles. The predicted molar refractivity (Wildman–Crippen MR) is 53.8 cm³/mol. The molecular weight excluding hydrogens is 170 g/mol. The Hall–Kier alpha value is 0.110. The highest BCUT2D eigenvalue weighted by molar-refractivity contribution is 7.85. The third-order valence-electron chi connectivity index (χ3n) is 2.45. The van der Waals surface area contributed by atoms with Gasteiger partial charge in [-0.2, -0.15) is 0 Å². The van der Waals surface area contributed by atoms with Crippen molar-refractivity contribution in [1.29, 1.82) is 0 Å². The number of rotatable bonds is 5. The third-order valence-corrected chi connectivity index (χ3v) is 4.35. The Labute approximate surface area is 77.6 Å². The molecule has 72 valence electrons. The van der Waals surface area contributed by atoms with Gasteiger partial charge in [-0.3, -0.25) is 4.21 Å². The quantitative estimate of drug-likeness (QED) is 0.660. The highest BCUT2D eigenvalue weighted by atomic mass is 32.2. The summed E-state index contributed by atoms with van der Waals surface area (Å²) in [7, 11) is 1.41. The van der Waals surface area contributed by atoms with Gasteiger partial charge in [0.15, 0.2) is 0 Å².